The zero-order valence-corrected chi connectivity index (χ0v) is 15.2. The molecule has 2 bridgehead atoms. The Balaban J connectivity index is 1.67. The molecular weight excluding hydrogens is 318 g/mol. The number of anilines is 1. The van der Waals surface area contributed by atoms with Crippen molar-refractivity contribution in [2.24, 2.45) is 5.92 Å². The van der Waals surface area contributed by atoms with E-state index in [1.165, 1.54) is 17.7 Å². The summed E-state index contributed by atoms with van der Waals surface area (Å²) in [7, 11) is 4.97. The zero-order chi connectivity index (χ0) is 18.0. The Labute approximate surface area is 148 Å². The van der Waals surface area contributed by atoms with Crippen LogP contribution in [0.3, 0.4) is 0 Å². The predicted molar refractivity (Wildman–Crippen MR) is 96.9 cm³/mol. The van der Waals surface area contributed by atoms with Crippen molar-refractivity contribution < 1.29 is 14.3 Å². The molecule has 136 valence electrons. The topological polar surface area (TPSA) is 70.7 Å². The standard InChI is InChI=1S/C19H27N3O3/c1-22(2)19(24)13-4-7-17(25-3)16(11-13)21-18(23)10-12-8-14-5-6-15(9-12)20-14/h4,7,11-12,14-15,20H,5-6,8-10H2,1-3H3,(H,21,23). The number of hydrogen-bond acceptors (Lipinski definition) is 4. The quantitative estimate of drug-likeness (QED) is 0.859. The largest absolute Gasteiger partial charge is 0.495 e. The molecule has 0 saturated carbocycles. The number of amides is 2. The lowest BCUT2D eigenvalue weighted by Crippen LogP contribution is -2.39. The van der Waals surface area contributed by atoms with Crippen molar-refractivity contribution in [1.82, 2.24) is 10.2 Å². The van der Waals surface area contributed by atoms with Crippen LogP contribution in [0.1, 0.15) is 42.5 Å². The van der Waals surface area contributed by atoms with E-state index < -0.39 is 0 Å². The molecule has 25 heavy (non-hydrogen) atoms. The Morgan fingerprint density at radius 1 is 1.24 bits per heavy atom. The fourth-order valence-corrected chi connectivity index (χ4v) is 4.00. The molecule has 0 radical (unpaired) electrons. The first kappa shape index (κ1) is 17.7. The van der Waals surface area contributed by atoms with Crippen LogP contribution in [0.15, 0.2) is 18.2 Å². The zero-order valence-electron chi connectivity index (χ0n) is 15.2. The third-order valence-electron chi connectivity index (χ3n) is 5.17. The van der Waals surface area contributed by atoms with Gasteiger partial charge in [-0.1, -0.05) is 0 Å². The van der Waals surface area contributed by atoms with E-state index in [0.29, 0.717) is 41.4 Å². The molecule has 1 aromatic carbocycles. The number of piperidine rings is 1. The number of ether oxygens (including phenoxy) is 1. The van der Waals surface area contributed by atoms with Crippen molar-refractivity contribution in [3.63, 3.8) is 0 Å². The highest BCUT2D eigenvalue weighted by molar-refractivity contribution is 5.98. The summed E-state index contributed by atoms with van der Waals surface area (Å²) in [5.41, 5.74) is 1.08. The Hall–Kier alpha value is -2.08. The van der Waals surface area contributed by atoms with E-state index in [2.05, 4.69) is 10.6 Å². The molecule has 1 aromatic rings. The minimum Gasteiger partial charge on any atom is -0.495 e. The van der Waals surface area contributed by atoms with E-state index in [9.17, 15) is 9.59 Å². The van der Waals surface area contributed by atoms with Gasteiger partial charge in [-0.2, -0.15) is 0 Å². The first-order valence-corrected chi connectivity index (χ1v) is 8.92. The van der Waals surface area contributed by atoms with Crippen LogP contribution in [0.25, 0.3) is 0 Å². The van der Waals surface area contributed by atoms with Gasteiger partial charge in [-0.25, -0.2) is 0 Å². The predicted octanol–water partition coefficient (Wildman–Crippen LogP) is 2.26. The van der Waals surface area contributed by atoms with Gasteiger partial charge in [-0.3, -0.25) is 9.59 Å². The van der Waals surface area contributed by atoms with Gasteiger partial charge >= 0.3 is 0 Å². The maximum Gasteiger partial charge on any atom is 0.253 e. The van der Waals surface area contributed by atoms with Crippen molar-refractivity contribution in [3.8, 4) is 5.75 Å². The van der Waals surface area contributed by atoms with E-state index in [0.717, 1.165) is 12.8 Å². The van der Waals surface area contributed by atoms with Gasteiger partial charge in [0.15, 0.2) is 0 Å². The minimum atomic E-state index is -0.104. The van der Waals surface area contributed by atoms with Crippen molar-refractivity contribution in [2.45, 2.75) is 44.2 Å². The summed E-state index contributed by atoms with van der Waals surface area (Å²) in [6, 6.07) is 6.27. The lowest BCUT2D eigenvalue weighted by molar-refractivity contribution is -0.117. The van der Waals surface area contributed by atoms with E-state index >= 15 is 0 Å². The van der Waals surface area contributed by atoms with Gasteiger partial charge in [0.1, 0.15) is 5.75 Å². The molecule has 2 fully saturated rings. The molecule has 2 amide bonds. The van der Waals surface area contributed by atoms with Gasteiger partial charge in [0.05, 0.1) is 12.8 Å². The van der Waals surface area contributed by atoms with Crippen LogP contribution < -0.4 is 15.4 Å². The number of carbonyl (C=O) groups is 2. The van der Waals surface area contributed by atoms with Gasteiger partial charge in [0, 0.05) is 38.2 Å². The number of nitrogens with zero attached hydrogens (tertiary/aromatic N) is 1. The molecule has 2 N–H and O–H groups in total. The molecule has 2 aliphatic rings. The van der Waals surface area contributed by atoms with E-state index in [1.807, 2.05) is 0 Å². The fourth-order valence-electron chi connectivity index (χ4n) is 4.00. The Bertz CT molecular complexity index is 647. The molecule has 2 aliphatic heterocycles. The monoisotopic (exact) mass is 345 g/mol. The Morgan fingerprint density at radius 2 is 1.92 bits per heavy atom. The molecule has 0 aromatic heterocycles. The van der Waals surface area contributed by atoms with Crippen molar-refractivity contribution >= 4 is 17.5 Å². The van der Waals surface area contributed by atoms with Gasteiger partial charge < -0.3 is 20.3 Å². The second-order valence-electron chi connectivity index (χ2n) is 7.34. The summed E-state index contributed by atoms with van der Waals surface area (Å²) in [6.45, 7) is 0. The van der Waals surface area contributed by atoms with E-state index in [1.54, 1.807) is 39.4 Å². The fraction of sp³-hybridized carbons (Fsp3) is 0.579. The third kappa shape index (κ3) is 4.12. The van der Waals surface area contributed by atoms with Crippen molar-refractivity contribution in [3.05, 3.63) is 23.8 Å². The van der Waals surface area contributed by atoms with Crippen molar-refractivity contribution in [2.75, 3.05) is 26.5 Å². The highest BCUT2D eigenvalue weighted by Crippen LogP contribution is 2.33. The average Bonchev–Trinajstić information content (AvgIpc) is 2.92. The molecule has 0 aliphatic carbocycles. The number of nitrogens with one attached hydrogen (secondary N) is 2. The molecular formula is C19H27N3O3. The normalized spacial score (nSPS) is 24.7. The molecule has 2 heterocycles. The van der Waals surface area contributed by atoms with E-state index in [4.69, 9.17) is 4.74 Å². The van der Waals surface area contributed by atoms with Crippen LogP contribution in [0.5, 0.6) is 5.75 Å². The highest BCUT2D eigenvalue weighted by Gasteiger charge is 2.34. The number of benzene rings is 1. The molecule has 2 saturated heterocycles. The second-order valence-corrected chi connectivity index (χ2v) is 7.34. The van der Waals surface area contributed by atoms with Gasteiger partial charge in [0.2, 0.25) is 5.91 Å². The number of fused-ring (bicyclic) bond motifs is 2. The Kier molecular flexibility index (Phi) is 5.27. The number of methoxy groups -OCH3 is 1. The highest BCUT2D eigenvalue weighted by atomic mass is 16.5. The van der Waals surface area contributed by atoms with Crippen LogP contribution in [0, 0.1) is 5.92 Å². The SMILES string of the molecule is COc1ccc(C(=O)N(C)C)cc1NC(=O)CC1CC2CCC(C1)N2. The van der Waals surface area contributed by atoms with Crippen LogP contribution in [0.2, 0.25) is 0 Å². The first-order chi connectivity index (χ1) is 12.0. The first-order valence-electron chi connectivity index (χ1n) is 8.92. The van der Waals surface area contributed by atoms with Crippen LogP contribution >= 0.6 is 0 Å². The molecule has 6 nitrogen and oxygen atoms in total. The van der Waals surface area contributed by atoms with Crippen LogP contribution in [-0.4, -0.2) is 50.0 Å². The average molecular weight is 345 g/mol. The summed E-state index contributed by atoms with van der Waals surface area (Å²) in [5, 5.41) is 6.54. The molecule has 0 spiro atoms. The summed E-state index contributed by atoms with van der Waals surface area (Å²) in [6.07, 6.45) is 5.11. The summed E-state index contributed by atoms with van der Waals surface area (Å²) in [4.78, 5) is 26.2. The minimum absolute atomic E-state index is 0.0148. The number of hydrogen-bond donors (Lipinski definition) is 2. The molecule has 2 atom stereocenters. The molecule has 6 heteroatoms. The maximum atomic E-state index is 12.5. The maximum absolute atomic E-state index is 12.5. The van der Waals surface area contributed by atoms with Gasteiger partial charge in [-0.05, 0) is 49.8 Å². The molecule has 2 unspecified atom stereocenters. The molecule has 3 rings (SSSR count). The Morgan fingerprint density at radius 3 is 2.52 bits per heavy atom. The summed E-state index contributed by atoms with van der Waals surface area (Å²) >= 11 is 0. The second kappa shape index (κ2) is 7.44. The van der Waals surface area contributed by atoms with Gasteiger partial charge in [0.25, 0.3) is 5.91 Å². The lowest BCUT2D eigenvalue weighted by Gasteiger charge is -2.28. The van der Waals surface area contributed by atoms with Gasteiger partial charge in [-0.15, -0.1) is 0 Å². The lowest BCUT2D eigenvalue weighted by atomic mass is 9.89. The summed E-state index contributed by atoms with van der Waals surface area (Å²) in [5.74, 6) is 0.873. The third-order valence-corrected chi connectivity index (χ3v) is 5.17. The van der Waals surface area contributed by atoms with E-state index in [-0.39, 0.29) is 11.8 Å². The number of carbonyl (C=O) groups excluding carboxylic acids is 2. The summed E-state index contributed by atoms with van der Waals surface area (Å²) < 4.78 is 5.33. The van der Waals surface area contributed by atoms with Crippen LogP contribution in [0.4, 0.5) is 5.69 Å². The van der Waals surface area contributed by atoms with Crippen LogP contribution in [-0.2, 0) is 4.79 Å². The van der Waals surface area contributed by atoms with Crippen molar-refractivity contribution in [1.29, 1.82) is 0 Å². The smallest absolute Gasteiger partial charge is 0.253 e. The number of rotatable bonds is 5.